The molecule has 186 valence electrons. The van der Waals surface area contributed by atoms with Crippen LogP contribution in [-0.2, 0) is 9.09 Å². The second-order valence-corrected chi connectivity index (χ2v) is 11.4. The van der Waals surface area contributed by atoms with Crippen LogP contribution in [0, 0.1) is 5.92 Å². The fourth-order valence-electron chi connectivity index (χ4n) is 5.44. The molecule has 0 radical (unpaired) electrons. The van der Waals surface area contributed by atoms with Crippen molar-refractivity contribution in [3.63, 3.8) is 0 Å². The minimum absolute atomic E-state index is 0.538. The molecule has 0 aromatic carbocycles. The van der Waals surface area contributed by atoms with E-state index in [1.54, 1.807) is 0 Å². The summed E-state index contributed by atoms with van der Waals surface area (Å²) < 4.78 is 17.2. The van der Waals surface area contributed by atoms with Gasteiger partial charge in [-0.15, -0.1) is 0 Å². The number of phosphoric ester groups is 1. The minimum Gasteiger partial charge on any atom is -0.303 e. The van der Waals surface area contributed by atoms with Gasteiger partial charge < -0.3 is 9.79 Å². The number of rotatable bonds is 20. The third-order valence-corrected chi connectivity index (χ3v) is 7.80. The summed E-state index contributed by atoms with van der Waals surface area (Å²) in [5.74, 6) is 0.538. The molecular formula is C26H53O4P. The Morgan fingerprint density at radius 1 is 0.710 bits per heavy atom. The van der Waals surface area contributed by atoms with Gasteiger partial charge in [-0.05, 0) is 25.2 Å². The molecule has 0 aromatic heterocycles. The third kappa shape index (κ3) is 15.6. The molecule has 0 spiro atoms. The molecule has 1 aliphatic carbocycles. The molecule has 0 bridgehead atoms. The van der Waals surface area contributed by atoms with Gasteiger partial charge in [0.05, 0.1) is 5.60 Å². The molecule has 0 aliphatic heterocycles. The van der Waals surface area contributed by atoms with Crippen molar-refractivity contribution >= 4 is 7.82 Å². The van der Waals surface area contributed by atoms with Crippen molar-refractivity contribution in [3.05, 3.63) is 0 Å². The lowest BCUT2D eigenvalue weighted by atomic mass is 9.76. The van der Waals surface area contributed by atoms with Crippen molar-refractivity contribution in [2.75, 3.05) is 0 Å². The summed E-state index contributed by atoms with van der Waals surface area (Å²) in [7, 11) is -4.45. The van der Waals surface area contributed by atoms with E-state index >= 15 is 0 Å². The zero-order valence-electron chi connectivity index (χ0n) is 20.8. The lowest BCUT2D eigenvalue weighted by Crippen LogP contribution is -2.36. The summed E-state index contributed by atoms with van der Waals surface area (Å²) in [5.41, 5.74) is -0.593. The highest BCUT2D eigenvalue weighted by Gasteiger charge is 2.40. The van der Waals surface area contributed by atoms with E-state index in [-0.39, 0.29) is 0 Å². The molecule has 1 aliphatic rings. The Morgan fingerprint density at radius 2 is 1.13 bits per heavy atom. The molecule has 4 nitrogen and oxygen atoms in total. The van der Waals surface area contributed by atoms with E-state index in [1.807, 2.05) is 0 Å². The lowest BCUT2D eigenvalue weighted by molar-refractivity contribution is -0.0185. The fourth-order valence-corrected chi connectivity index (χ4v) is 6.20. The van der Waals surface area contributed by atoms with E-state index in [0.717, 1.165) is 38.5 Å². The summed E-state index contributed by atoms with van der Waals surface area (Å²) in [6.07, 6.45) is 26.5. The van der Waals surface area contributed by atoms with Crippen molar-refractivity contribution in [2.45, 2.75) is 161 Å². The monoisotopic (exact) mass is 460 g/mol. The van der Waals surface area contributed by atoms with Crippen LogP contribution in [0.2, 0.25) is 0 Å². The Labute approximate surface area is 193 Å². The third-order valence-electron chi connectivity index (χ3n) is 7.17. The van der Waals surface area contributed by atoms with Crippen molar-refractivity contribution in [1.82, 2.24) is 0 Å². The van der Waals surface area contributed by atoms with Crippen LogP contribution in [-0.4, -0.2) is 15.4 Å². The Hall–Kier alpha value is 0.110. The largest absolute Gasteiger partial charge is 0.470 e. The molecule has 1 unspecified atom stereocenters. The van der Waals surface area contributed by atoms with Crippen molar-refractivity contribution in [3.8, 4) is 0 Å². The summed E-state index contributed by atoms with van der Waals surface area (Å²) >= 11 is 0. The first-order valence-electron chi connectivity index (χ1n) is 13.7. The Balaban J connectivity index is 2.51. The molecule has 1 fully saturated rings. The lowest BCUT2D eigenvalue weighted by Gasteiger charge is -2.39. The van der Waals surface area contributed by atoms with Crippen LogP contribution in [0.5, 0.6) is 0 Å². The van der Waals surface area contributed by atoms with Crippen molar-refractivity contribution < 1.29 is 18.9 Å². The Kier molecular flexibility index (Phi) is 16.5. The molecule has 1 saturated carbocycles. The van der Waals surface area contributed by atoms with Gasteiger partial charge in [0, 0.05) is 0 Å². The zero-order valence-corrected chi connectivity index (χ0v) is 21.7. The van der Waals surface area contributed by atoms with Crippen LogP contribution in [0.15, 0.2) is 0 Å². The van der Waals surface area contributed by atoms with Gasteiger partial charge >= 0.3 is 7.82 Å². The van der Waals surface area contributed by atoms with Gasteiger partial charge in [0.2, 0.25) is 0 Å². The van der Waals surface area contributed by atoms with Gasteiger partial charge in [0.25, 0.3) is 0 Å². The highest BCUT2D eigenvalue weighted by atomic mass is 31.2. The van der Waals surface area contributed by atoms with Gasteiger partial charge in [-0.1, -0.05) is 136 Å². The number of hydrogen-bond donors (Lipinski definition) is 2. The van der Waals surface area contributed by atoms with E-state index in [9.17, 15) is 14.4 Å². The highest BCUT2D eigenvalue weighted by Crippen LogP contribution is 2.50. The normalized spacial score (nSPS) is 17.7. The number of phosphoric acid groups is 1. The molecule has 0 saturated heterocycles. The zero-order chi connectivity index (χ0) is 22.8. The van der Waals surface area contributed by atoms with Gasteiger partial charge in [0.15, 0.2) is 0 Å². The fraction of sp³-hybridized carbons (Fsp3) is 1.00. The van der Waals surface area contributed by atoms with Crippen LogP contribution < -0.4 is 0 Å². The van der Waals surface area contributed by atoms with Crippen LogP contribution in [0.3, 0.4) is 0 Å². The molecule has 0 heterocycles. The average Bonchev–Trinajstić information content (AvgIpc) is 2.71. The number of hydrogen-bond acceptors (Lipinski definition) is 2. The number of unbranched alkanes of at least 4 members (excludes halogenated alkanes) is 12. The smallest absolute Gasteiger partial charge is 0.303 e. The van der Waals surface area contributed by atoms with Crippen molar-refractivity contribution in [1.29, 1.82) is 0 Å². The maximum absolute atomic E-state index is 11.7. The molecule has 31 heavy (non-hydrogen) atoms. The molecule has 2 N–H and O–H groups in total. The first-order valence-corrected chi connectivity index (χ1v) is 15.2. The van der Waals surface area contributed by atoms with Gasteiger partial charge in [-0.25, -0.2) is 4.57 Å². The summed E-state index contributed by atoms with van der Waals surface area (Å²) in [5, 5.41) is 0. The van der Waals surface area contributed by atoms with Gasteiger partial charge in [-0.3, -0.25) is 4.52 Å². The van der Waals surface area contributed by atoms with Crippen LogP contribution in [0.25, 0.3) is 0 Å². The SMILES string of the molecule is CCCCCCCCCCC(CCCCCCCC)CC1(OP(=O)(O)O)CCCCC1. The van der Waals surface area contributed by atoms with Gasteiger partial charge in [-0.2, -0.15) is 0 Å². The summed E-state index contributed by atoms with van der Waals surface area (Å²) in [4.78, 5) is 19.1. The maximum Gasteiger partial charge on any atom is 0.470 e. The molecule has 0 amide bonds. The second-order valence-electron chi connectivity index (χ2n) is 10.2. The van der Waals surface area contributed by atoms with Crippen molar-refractivity contribution in [2.24, 2.45) is 5.92 Å². The average molecular weight is 461 g/mol. The van der Waals surface area contributed by atoms with E-state index in [4.69, 9.17) is 4.52 Å². The quantitative estimate of drug-likeness (QED) is 0.140. The minimum atomic E-state index is -4.45. The van der Waals surface area contributed by atoms with E-state index < -0.39 is 13.4 Å². The molecule has 1 atom stereocenters. The predicted molar refractivity (Wildman–Crippen MR) is 132 cm³/mol. The van der Waals surface area contributed by atoms with Crippen LogP contribution >= 0.6 is 7.82 Å². The maximum atomic E-state index is 11.7. The highest BCUT2D eigenvalue weighted by molar-refractivity contribution is 7.46. The summed E-state index contributed by atoms with van der Waals surface area (Å²) in [6.45, 7) is 4.52. The summed E-state index contributed by atoms with van der Waals surface area (Å²) in [6, 6.07) is 0. The molecule has 5 heteroatoms. The second kappa shape index (κ2) is 17.6. The molecule has 1 rings (SSSR count). The molecule has 0 aromatic rings. The first-order chi connectivity index (χ1) is 14.9. The van der Waals surface area contributed by atoms with E-state index in [1.165, 1.54) is 103 Å². The van der Waals surface area contributed by atoms with Crippen LogP contribution in [0.4, 0.5) is 0 Å². The van der Waals surface area contributed by atoms with E-state index in [2.05, 4.69) is 13.8 Å². The Morgan fingerprint density at radius 3 is 1.55 bits per heavy atom. The van der Waals surface area contributed by atoms with E-state index in [0.29, 0.717) is 5.92 Å². The topological polar surface area (TPSA) is 66.8 Å². The Bertz CT molecular complexity index is 456. The first kappa shape index (κ1) is 29.1. The standard InChI is InChI=1S/C26H53O4P/c1-3-5-7-9-11-12-14-17-21-25(20-16-13-10-8-6-4-2)24-26(30-31(27,28)29)22-18-15-19-23-26/h25H,3-24H2,1-2H3,(H2,27,28,29). The molecular weight excluding hydrogens is 407 g/mol. The van der Waals surface area contributed by atoms with Crippen LogP contribution in [0.1, 0.15) is 155 Å². The van der Waals surface area contributed by atoms with Gasteiger partial charge in [0.1, 0.15) is 0 Å². The predicted octanol–water partition coefficient (Wildman–Crippen LogP) is 9.09.